The maximum atomic E-state index is 12.7. The average Bonchev–Trinajstić information content (AvgIpc) is 3.32. The van der Waals surface area contributed by atoms with Crippen LogP contribution in [-0.4, -0.2) is 12.1 Å². The molecule has 4 heteroatoms. The average molecular weight is 344 g/mol. The van der Waals surface area contributed by atoms with Gasteiger partial charge in [-0.15, -0.1) is 0 Å². The molecule has 0 spiro atoms. The Kier molecular flexibility index (Phi) is 4.17. The summed E-state index contributed by atoms with van der Waals surface area (Å²) in [5.41, 5.74) is 4.72. The zero-order valence-corrected chi connectivity index (χ0v) is 14.6. The number of hydrazone groups is 1. The standard InChI is InChI=1S/C22H20N2O2/c1-16-12-13-19(26-16)15-23-24-21(25)20-14-22(20,17-8-4-2-5-9-17)18-10-6-3-7-11-18/h2-13,15,20H,14H2,1H3,(H,24,25)/b23-15+. The first kappa shape index (κ1) is 16.3. The van der Waals surface area contributed by atoms with Crippen molar-refractivity contribution in [2.75, 3.05) is 0 Å². The highest BCUT2D eigenvalue weighted by atomic mass is 16.3. The Morgan fingerprint density at radius 2 is 1.65 bits per heavy atom. The Labute approximate surface area is 152 Å². The number of nitrogens with one attached hydrogen (secondary N) is 1. The number of carbonyl (C=O) groups is 1. The lowest BCUT2D eigenvalue weighted by Gasteiger charge is -2.18. The van der Waals surface area contributed by atoms with Crippen LogP contribution in [0, 0.1) is 12.8 Å². The van der Waals surface area contributed by atoms with Crippen LogP contribution in [0.4, 0.5) is 0 Å². The van der Waals surface area contributed by atoms with E-state index in [0.717, 1.165) is 23.3 Å². The van der Waals surface area contributed by atoms with Crippen molar-refractivity contribution in [1.29, 1.82) is 0 Å². The molecule has 26 heavy (non-hydrogen) atoms. The minimum atomic E-state index is -0.274. The number of amides is 1. The van der Waals surface area contributed by atoms with E-state index in [-0.39, 0.29) is 17.2 Å². The van der Waals surface area contributed by atoms with Crippen LogP contribution in [0.1, 0.15) is 29.1 Å². The van der Waals surface area contributed by atoms with Crippen LogP contribution < -0.4 is 5.43 Å². The molecule has 2 aromatic carbocycles. The number of rotatable bonds is 5. The van der Waals surface area contributed by atoms with Crippen LogP contribution in [0.2, 0.25) is 0 Å². The van der Waals surface area contributed by atoms with Crippen LogP contribution in [0.15, 0.2) is 82.3 Å². The molecule has 1 fully saturated rings. The molecule has 1 aromatic heterocycles. The third-order valence-electron chi connectivity index (χ3n) is 4.98. The zero-order valence-electron chi connectivity index (χ0n) is 14.6. The van der Waals surface area contributed by atoms with Gasteiger partial charge in [-0.2, -0.15) is 5.10 Å². The van der Waals surface area contributed by atoms with Crippen molar-refractivity contribution in [1.82, 2.24) is 5.43 Å². The van der Waals surface area contributed by atoms with Crippen LogP contribution in [-0.2, 0) is 10.2 Å². The Morgan fingerprint density at radius 1 is 1.04 bits per heavy atom. The molecule has 0 radical (unpaired) electrons. The summed E-state index contributed by atoms with van der Waals surface area (Å²) < 4.78 is 5.42. The molecule has 130 valence electrons. The summed E-state index contributed by atoms with van der Waals surface area (Å²) in [7, 11) is 0. The first-order valence-electron chi connectivity index (χ1n) is 8.70. The molecular weight excluding hydrogens is 324 g/mol. The molecule has 1 N–H and O–H groups in total. The predicted octanol–water partition coefficient (Wildman–Crippen LogP) is 4.04. The Balaban J connectivity index is 1.55. The molecule has 1 aliphatic carbocycles. The molecule has 1 amide bonds. The van der Waals surface area contributed by atoms with Crippen molar-refractivity contribution in [2.45, 2.75) is 18.8 Å². The SMILES string of the molecule is Cc1ccc(/C=N/NC(=O)C2CC2(c2ccccc2)c2ccccc2)o1. The fourth-order valence-electron chi connectivity index (χ4n) is 3.62. The fraction of sp³-hybridized carbons (Fsp3) is 0.182. The second-order valence-electron chi connectivity index (χ2n) is 6.64. The highest BCUT2D eigenvalue weighted by Crippen LogP contribution is 2.58. The van der Waals surface area contributed by atoms with E-state index in [1.807, 2.05) is 55.5 Å². The van der Waals surface area contributed by atoms with Gasteiger partial charge in [0.1, 0.15) is 11.5 Å². The van der Waals surface area contributed by atoms with Gasteiger partial charge in [-0.3, -0.25) is 4.79 Å². The van der Waals surface area contributed by atoms with Gasteiger partial charge in [0.2, 0.25) is 5.91 Å². The lowest BCUT2D eigenvalue weighted by molar-refractivity contribution is -0.122. The molecule has 4 rings (SSSR count). The smallest absolute Gasteiger partial charge is 0.244 e. The van der Waals surface area contributed by atoms with E-state index < -0.39 is 0 Å². The van der Waals surface area contributed by atoms with Crippen molar-refractivity contribution >= 4 is 12.1 Å². The number of hydrogen-bond donors (Lipinski definition) is 1. The Hall–Kier alpha value is -3.14. The number of hydrogen-bond acceptors (Lipinski definition) is 3. The maximum Gasteiger partial charge on any atom is 0.244 e. The monoisotopic (exact) mass is 344 g/mol. The summed E-state index contributed by atoms with van der Waals surface area (Å²) in [6.45, 7) is 1.87. The third-order valence-corrected chi connectivity index (χ3v) is 4.98. The Morgan fingerprint density at radius 3 is 2.19 bits per heavy atom. The van der Waals surface area contributed by atoms with Crippen molar-refractivity contribution in [2.24, 2.45) is 11.0 Å². The normalized spacial score (nSPS) is 18.0. The first-order valence-corrected chi connectivity index (χ1v) is 8.70. The fourth-order valence-corrected chi connectivity index (χ4v) is 3.62. The highest BCUT2D eigenvalue weighted by Gasteiger charge is 2.60. The van der Waals surface area contributed by atoms with Crippen LogP contribution in [0.3, 0.4) is 0 Å². The molecule has 0 aliphatic heterocycles. The predicted molar refractivity (Wildman–Crippen MR) is 101 cm³/mol. The van der Waals surface area contributed by atoms with Gasteiger partial charge in [-0.05, 0) is 36.6 Å². The summed E-state index contributed by atoms with van der Waals surface area (Å²) >= 11 is 0. The summed E-state index contributed by atoms with van der Waals surface area (Å²) in [4.78, 5) is 12.7. The topological polar surface area (TPSA) is 54.6 Å². The van der Waals surface area contributed by atoms with Gasteiger partial charge in [0, 0.05) is 5.41 Å². The second kappa shape index (κ2) is 6.64. The molecular formula is C22H20N2O2. The highest BCUT2D eigenvalue weighted by molar-refractivity contribution is 5.87. The lowest BCUT2D eigenvalue weighted by atomic mass is 9.85. The number of aryl methyl sites for hydroxylation is 1. The van der Waals surface area contributed by atoms with Crippen molar-refractivity contribution in [3.8, 4) is 0 Å². The van der Waals surface area contributed by atoms with Crippen molar-refractivity contribution in [3.63, 3.8) is 0 Å². The summed E-state index contributed by atoms with van der Waals surface area (Å²) in [5, 5.41) is 4.05. The van der Waals surface area contributed by atoms with E-state index in [2.05, 4.69) is 34.8 Å². The summed E-state index contributed by atoms with van der Waals surface area (Å²) in [6.07, 6.45) is 2.31. The summed E-state index contributed by atoms with van der Waals surface area (Å²) in [5.74, 6) is 1.23. The molecule has 1 atom stereocenters. The molecule has 1 saturated carbocycles. The number of benzene rings is 2. The molecule has 0 bridgehead atoms. The van der Waals surface area contributed by atoms with Crippen molar-refractivity contribution < 1.29 is 9.21 Å². The van der Waals surface area contributed by atoms with Gasteiger partial charge in [-0.1, -0.05) is 60.7 Å². The lowest BCUT2D eigenvalue weighted by Crippen LogP contribution is -2.25. The first-order chi connectivity index (χ1) is 12.7. The molecule has 1 heterocycles. The van der Waals surface area contributed by atoms with E-state index in [9.17, 15) is 4.79 Å². The maximum absolute atomic E-state index is 12.7. The summed E-state index contributed by atoms with van der Waals surface area (Å²) in [6, 6.07) is 24.1. The molecule has 1 aliphatic rings. The van der Waals surface area contributed by atoms with E-state index >= 15 is 0 Å². The van der Waals surface area contributed by atoms with E-state index in [1.54, 1.807) is 0 Å². The van der Waals surface area contributed by atoms with Gasteiger partial charge in [-0.25, -0.2) is 5.43 Å². The van der Waals surface area contributed by atoms with Gasteiger partial charge in [0.05, 0.1) is 12.1 Å². The van der Waals surface area contributed by atoms with Gasteiger partial charge in [0.25, 0.3) is 0 Å². The van der Waals surface area contributed by atoms with Gasteiger partial charge in [0.15, 0.2) is 0 Å². The molecule has 1 unspecified atom stereocenters. The zero-order chi connectivity index (χ0) is 18.0. The quantitative estimate of drug-likeness (QED) is 0.561. The largest absolute Gasteiger partial charge is 0.460 e. The number of carbonyl (C=O) groups excluding carboxylic acids is 1. The van der Waals surface area contributed by atoms with Gasteiger partial charge < -0.3 is 4.42 Å². The van der Waals surface area contributed by atoms with E-state index in [1.165, 1.54) is 6.21 Å². The molecule has 3 aromatic rings. The molecule has 4 nitrogen and oxygen atoms in total. The van der Waals surface area contributed by atoms with E-state index in [0.29, 0.717) is 5.76 Å². The van der Waals surface area contributed by atoms with Crippen LogP contribution >= 0.6 is 0 Å². The van der Waals surface area contributed by atoms with Gasteiger partial charge >= 0.3 is 0 Å². The van der Waals surface area contributed by atoms with Crippen molar-refractivity contribution in [3.05, 3.63) is 95.4 Å². The number of furan rings is 1. The molecule has 0 saturated heterocycles. The van der Waals surface area contributed by atoms with E-state index in [4.69, 9.17) is 4.42 Å². The Bertz CT molecular complexity index is 890. The van der Waals surface area contributed by atoms with Crippen LogP contribution in [0.25, 0.3) is 0 Å². The van der Waals surface area contributed by atoms with Crippen LogP contribution in [0.5, 0.6) is 0 Å². The third kappa shape index (κ3) is 2.94. The second-order valence-corrected chi connectivity index (χ2v) is 6.64. The minimum absolute atomic E-state index is 0.0720. The number of nitrogens with zero attached hydrogens (tertiary/aromatic N) is 1. The minimum Gasteiger partial charge on any atom is -0.460 e.